The summed E-state index contributed by atoms with van der Waals surface area (Å²) in [5.74, 6) is 6.47. The number of hydrogen-bond acceptors (Lipinski definition) is 29. The van der Waals surface area contributed by atoms with Gasteiger partial charge in [0.15, 0.2) is 0 Å². The smallest absolute Gasteiger partial charge is 0.410 e. The van der Waals surface area contributed by atoms with E-state index in [4.69, 9.17) is 67.6 Å². The van der Waals surface area contributed by atoms with Crippen LogP contribution in [0.2, 0.25) is 0 Å². The van der Waals surface area contributed by atoms with E-state index < -0.39 is 5.60 Å². The van der Waals surface area contributed by atoms with E-state index in [2.05, 4.69) is 104 Å². The summed E-state index contributed by atoms with van der Waals surface area (Å²) in [6, 6.07) is 47.6. The van der Waals surface area contributed by atoms with Crippen LogP contribution in [0.3, 0.4) is 0 Å². The summed E-state index contributed by atoms with van der Waals surface area (Å²) in [5, 5.41) is 20.5. The van der Waals surface area contributed by atoms with Gasteiger partial charge in [0.1, 0.15) is 57.4 Å². The number of nitrogens with one attached hydrogen (secondary N) is 1. The van der Waals surface area contributed by atoms with E-state index in [1.807, 2.05) is 199 Å². The first kappa shape index (κ1) is 96.0. The molecule has 8 aromatic carbocycles. The van der Waals surface area contributed by atoms with Crippen LogP contribution in [0.15, 0.2) is 220 Å². The molecule has 2 fully saturated rings. The van der Waals surface area contributed by atoms with Crippen LogP contribution in [0.25, 0.3) is 89.2 Å². The Morgan fingerprint density at radius 3 is 1.04 bits per heavy atom. The summed E-state index contributed by atoms with van der Waals surface area (Å²) in [4.78, 5) is 75.1. The summed E-state index contributed by atoms with van der Waals surface area (Å²) in [7, 11) is 20.8. The van der Waals surface area contributed by atoms with Crippen LogP contribution in [0.1, 0.15) is 53.9 Å². The van der Waals surface area contributed by atoms with Gasteiger partial charge in [0.25, 0.3) is 0 Å². The lowest BCUT2D eigenvalue weighted by atomic mass is 10.1. The minimum atomic E-state index is -0.481. The molecular formula is C103H117N23O11. The lowest BCUT2D eigenvalue weighted by Gasteiger charge is -2.35. The van der Waals surface area contributed by atoms with E-state index in [0.29, 0.717) is 30.5 Å². The number of amides is 1. The topological polar surface area (TPSA) is 323 Å². The lowest BCUT2D eigenvalue weighted by molar-refractivity contribution is -0.115. The zero-order chi connectivity index (χ0) is 96.4. The molecule has 0 bridgehead atoms. The third-order valence-electron chi connectivity index (χ3n) is 23.1. The second kappa shape index (κ2) is 44.1. The van der Waals surface area contributed by atoms with E-state index in [-0.39, 0.29) is 18.4 Å². The molecule has 137 heavy (non-hydrogen) atoms. The maximum atomic E-state index is 12.4. The molecule has 1 aliphatic carbocycles. The Morgan fingerprint density at radius 1 is 0.387 bits per heavy atom. The second-order valence-electron chi connectivity index (χ2n) is 34.3. The molecule has 0 unspecified atom stereocenters. The molecule has 710 valence electrons. The number of methoxy groups -OCH3 is 8. The number of piperazine rings is 1. The number of aromatic nitrogens is 16. The van der Waals surface area contributed by atoms with Gasteiger partial charge in [-0.05, 0) is 133 Å². The Kier molecular flexibility index (Phi) is 30.9. The average Bonchev–Trinajstić information content (AvgIpc) is 1.69. The summed E-state index contributed by atoms with van der Waals surface area (Å²) in [6.07, 6.45) is 25.3. The van der Waals surface area contributed by atoms with E-state index in [9.17, 15) is 9.59 Å². The van der Waals surface area contributed by atoms with Crippen molar-refractivity contribution in [3.63, 3.8) is 0 Å². The van der Waals surface area contributed by atoms with Crippen LogP contribution in [0, 0.1) is 5.92 Å². The van der Waals surface area contributed by atoms with Crippen molar-refractivity contribution in [3.8, 4) is 91.0 Å². The molecular weight excluding hydrogens is 1740 g/mol. The number of carbonyl (C=O) groups excluding carboxylic acids is 2. The van der Waals surface area contributed by atoms with E-state index in [0.717, 1.165) is 228 Å². The molecule has 34 nitrogen and oxygen atoms in total. The molecule has 34 heteroatoms. The largest absolute Gasteiger partial charge is 0.497 e. The number of anilines is 8. The maximum Gasteiger partial charge on any atom is 0.410 e. The minimum absolute atomic E-state index is 0.0251. The third kappa shape index (κ3) is 24.5. The van der Waals surface area contributed by atoms with Crippen molar-refractivity contribution in [2.45, 2.75) is 66.0 Å². The maximum absolute atomic E-state index is 12.4. The quantitative estimate of drug-likeness (QED) is 0.0409. The van der Waals surface area contributed by atoms with Crippen LogP contribution >= 0.6 is 0 Å². The van der Waals surface area contributed by atoms with E-state index in [1.165, 1.54) is 12.8 Å². The number of rotatable bonds is 32. The van der Waals surface area contributed by atoms with Crippen molar-refractivity contribution in [1.82, 2.24) is 94.1 Å². The summed E-state index contributed by atoms with van der Waals surface area (Å²) in [5.41, 5.74) is 20.6. The number of likely N-dealkylation sites (N-methyl/N-ethyl adjacent to an activating group) is 1. The van der Waals surface area contributed by atoms with Crippen molar-refractivity contribution in [3.05, 3.63) is 220 Å². The van der Waals surface area contributed by atoms with Crippen molar-refractivity contribution < 1.29 is 52.2 Å². The van der Waals surface area contributed by atoms with Crippen molar-refractivity contribution in [2.75, 3.05) is 149 Å². The Hall–Kier alpha value is -15.6. The second-order valence-corrected chi connectivity index (χ2v) is 34.3. The number of ether oxygens (including phenoxy) is 9. The van der Waals surface area contributed by atoms with Gasteiger partial charge in [-0.15, -0.1) is 0 Å². The monoisotopic (exact) mass is 1850 g/mol. The first-order valence-corrected chi connectivity index (χ1v) is 45.3. The number of benzene rings is 8. The molecule has 2 aliphatic rings. The zero-order valence-corrected chi connectivity index (χ0v) is 80.6. The predicted octanol–water partition coefficient (Wildman–Crippen LogP) is 17.4. The first-order valence-electron chi connectivity index (χ1n) is 45.3. The van der Waals surface area contributed by atoms with Gasteiger partial charge in [-0.2, -0.15) is 20.4 Å². The number of ketones is 1. The van der Waals surface area contributed by atoms with Gasteiger partial charge in [-0.3, -0.25) is 48.4 Å². The number of carbonyl (C=O) groups is 2. The predicted molar refractivity (Wildman–Crippen MR) is 534 cm³/mol. The Balaban J connectivity index is 0.000000141. The number of nitrogens with zero attached hydrogens (tertiary/aromatic N) is 22. The molecule has 16 aromatic rings. The zero-order valence-electron chi connectivity index (χ0n) is 80.6. The van der Waals surface area contributed by atoms with E-state index >= 15 is 0 Å². The molecule has 1 aliphatic heterocycles. The van der Waals surface area contributed by atoms with Crippen LogP contribution in [0.4, 0.5) is 50.3 Å². The highest BCUT2D eigenvalue weighted by atomic mass is 16.6. The minimum Gasteiger partial charge on any atom is -0.497 e. The Labute approximate surface area is 796 Å². The molecule has 0 spiro atoms. The first-order chi connectivity index (χ1) is 66.3. The SMILES string of the molecule is CCCN(c1cc(OC)cc(OC)c1)c1ccc2ncc(-c3cnn(C)c3)nc2c1.CNCCN(c1cc(OC)cc(OC)c1)c1ccc2ncc(-c3cnn(C)c3)nc2c1.COc1cc(OC)cc(N(CC(C)=O)c2ccc3ncc(-c4cnn(C)c4)nc3c2)c1.COc1cc(OC)cc(N(CC2CC2)c2ccc3ncc(-c4cnn(CCN5CCN(C(=O)OC(C)(C)C)CC5)c4)nc3c2)c1. The number of hydrogen-bond donors (Lipinski definition) is 1. The highest BCUT2D eigenvalue weighted by Gasteiger charge is 2.29. The summed E-state index contributed by atoms with van der Waals surface area (Å²) < 4.78 is 56.5. The van der Waals surface area contributed by atoms with E-state index in [1.54, 1.807) is 126 Å². The molecule has 1 amide bonds. The fourth-order valence-electron chi connectivity index (χ4n) is 15.8. The number of aryl methyl sites for hydroxylation is 3. The molecule has 9 heterocycles. The van der Waals surface area contributed by atoms with Crippen LogP contribution < -0.4 is 62.8 Å². The highest BCUT2D eigenvalue weighted by molar-refractivity contribution is 5.90. The van der Waals surface area contributed by atoms with Crippen molar-refractivity contribution in [1.29, 1.82) is 0 Å². The van der Waals surface area contributed by atoms with Crippen LogP contribution in [-0.4, -0.2) is 236 Å². The molecule has 1 saturated carbocycles. The van der Waals surface area contributed by atoms with Crippen LogP contribution in [0.5, 0.6) is 46.0 Å². The van der Waals surface area contributed by atoms with Gasteiger partial charge in [0.2, 0.25) is 0 Å². The van der Waals surface area contributed by atoms with Crippen molar-refractivity contribution >= 4 is 102 Å². The number of fused-ring (bicyclic) bond motifs is 4. The summed E-state index contributed by atoms with van der Waals surface area (Å²) in [6.45, 7) is 17.5. The fraction of sp³-hybridized carbons (Fsp3) is 0.320. The fourth-order valence-corrected chi connectivity index (χ4v) is 15.8. The van der Waals surface area contributed by atoms with Gasteiger partial charge < -0.3 is 72.4 Å². The Morgan fingerprint density at radius 2 is 0.715 bits per heavy atom. The van der Waals surface area contributed by atoms with Gasteiger partial charge in [-0.1, -0.05) is 6.92 Å². The molecule has 0 atom stereocenters. The highest BCUT2D eigenvalue weighted by Crippen LogP contribution is 2.42. The third-order valence-corrected chi connectivity index (χ3v) is 23.1. The van der Waals surface area contributed by atoms with Gasteiger partial charge in [-0.25, -0.2) is 24.7 Å². The lowest BCUT2D eigenvalue weighted by Crippen LogP contribution is -2.50. The molecule has 8 aromatic heterocycles. The molecule has 1 saturated heterocycles. The molecule has 1 N–H and O–H groups in total. The van der Waals surface area contributed by atoms with Gasteiger partial charge in [0, 0.05) is 245 Å². The van der Waals surface area contributed by atoms with Gasteiger partial charge in [0.05, 0.1) is 186 Å². The standard InChI is InChI=1S/C34H43N7O4.C23H26N6O2.C23H23N5O3.C23H25N5O2/c1-34(2,3)45-33(42)39-13-10-38(11-14-39)12-15-40-23-25(20-36-40)32-21-35-30-9-8-26(18-31(30)37-32)41(22-24-6-7-24)27-16-28(43-4)19-29(17-27)44-5;1-24-7-8-29(18-9-19(30-3)12-20(10-18)31-4)17-5-6-21-22(11-17)27-23(14-25-21)16-13-26-28(2)15-16;1-15(29)13-28(18-7-19(30-3)10-20(8-18)31-4)17-5-6-21-22(9-17)26-23(12-24-21)16-11-25-27(2)14-16;1-5-8-28(18-9-19(29-3)12-20(10-18)30-4)17-6-7-21-22(11-17)26-23(14-24-21)16-13-25-27(2)15-16/h8-9,16-21,23-24H,6-7,10-15,22H2,1-5H3;5-6,9-15,24H,7-8H2,1-4H3;5-12,14H,13H2,1-4H3;6-7,9-15H,5,8H2,1-4H3. The molecule has 0 radical (unpaired) electrons. The average molecular weight is 1850 g/mol. The van der Waals surface area contributed by atoms with Gasteiger partial charge >= 0.3 is 6.09 Å². The van der Waals surface area contributed by atoms with Crippen LogP contribution in [-0.2, 0) is 37.2 Å². The van der Waals surface area contributed by atoms with Crippen molar-refractivity contribution in [2.24, 2.45) is 27.1 Å². The Bertz CT molecular complexity index is 6770. The molecule has 18 rings (SSSR count). The number of Topliss-reactive ketones (excluding diaryl/α,β-unsaturated/α-hetero) is 1. The summed E-state index contributed by atoms with van der Waals surface area (Å²) >= 11 is 0. The normalized spacial score (nSPS) is 12.5.